The fourth-order valence-electron chi connectivity index (χ4n) is 2.82. The average molecular weight is 346 g/mol. The molecule has 138 valence electrons. The van der Waals surface area contributed by atoms with Gasteiger partial charge in [-0.25, -0.2) is 0 Å². The Labute approximate surface area is 150 Å². The molecule has 0 aliphatic carbocycles. The summed E-state index contributed by atoms with van der Waals surface area (Å²) in [6.45, 7) is 6.65. The third-order valence-corrected chi connectivity index (χ3v) is 4.32. The highest BCUT2D eigenvalue weighted by atomic mass is 16.5. The molecule has 1 heterocycles. The number of amides is 1. The maximum Gasteiger partial charge on any atom is 0.241 e. The van der Waals surface area contributed by atoms with E-state index < -0.39 is 0 Å². The highest BCUT2D eigenvalue weighted by Crippen LogP contribution is 2.17. The number of nitrogens with zero attached hydrogens (tertiary/aromatic N) is 2. The number of para-hydroxylation sites is 1. The number of guanidine groups is 1. The number of hydrogen-bond donors (Lipinski definition) is 2. The molecular formula is C19H30N4O2. The van der Waals surface area contributed by atoms with Gasteiger partial charge in [0.15, 0.2) is 5.96 Å². The van der Waals surface area contributed by atoms with Gasteiger partial charge in [-0.3, -0.25) is 9.79 Å². The van der Waals surface area contributed by atoms with Gasteiger partial charge in [-0.2, -0.15) is 0 Å². The first kappa shape index (κ1) is 19.1. The van der Waals surface area contributed by atoms with Crippen LogP contribution in [0.3, 0.4) is 0 Å². The largest absolute Gasteiger partial charge is 0.489 e. The van der Waals surface area contributed by atoms with Crippen LogP contribution >= 0.6 is 0 Å². The Morgan fingerprint density at radius 3 is 2.64 bits per heavy atom. The molecule has 1 unspecified atom stereocenters. The van der Waals surface area contributed by atoms with Crippen molar-refractivity contribution in [3.8, 4) is 5.75 Å². The number of nitrogens with one attached hydrogen (secondary N) is 2. The second kappa shape index (κ2) is 9.91. The maximum atomic E-state index is 12.2. The van der Waals surface area contributed by atoms with Crippen molar-refractivity contribution in [1.82, 2.24) is 15.5 Å². The molecule has 1 aromatic carbocycles. The molecule has 0 radical (unpaired) electrons. The van der Waals surface area contributed by atoms with Crippen LogP contribution in [0.1, 0.15) is 31.7 Å². The molecule has 6 nitrogen and oxygen atoms in total. The van der Waals surface area contributed by atoms with Gasteiger partial charge in [0.1, 0.15) is 11.9 Å². The van der Waals surface area contributed by atoms with Crippen molar-refractivity contribution in [3.05, 3.63) is 29.8 Å². The number of piperidine rings is 1. The van der Waals surface area contributed by atoms with E-state index in [1.807, 2.05) is 43.0 Å². The number of benzene rings is 1. The lowest BCUT2D eigenvalue weighted by Crippen LogP contribution is -2.47. The summed E-state index contributed by atoms with van der Waals surface area (Å²) in [7, 11) is 1.70. The van der Waals surface area contributed by atoms with Crippen LogP contribution < -0.4 is 15.4 Å². The lowest BCUT2D eigenvalue weighted by molar-refractivity contribution is -0.130. The summed E-state index contributed by atoms with van der Waals surface area (Å²) in [5, 5.41) is 6.30. The van der Waals surface area contributed by atoms with Gasteiger partial charge in [0.25, 0.3) is 0 Å². The normalized spacial score (nSPS) is 16.3. The minimum Gasteiger partial charge on any atom is -0.489 e. The Kier molecular flexibility index (Phi) is 7.57. The lowest BCUT2D eigenvalue weighted by Gasteiger charge is -2.27. The van der Waals surface area contributed by atoms with Crippen molar-refractivity contribution in [2.75, 3.05) is 33.2 Å². The Hall–Kier alpha value is -2.24. The van der Waals surface area contributed by atoms with Crippen molar-refractivity contribution in [2.24, 2.45) is 4.99 Å². The van der Waals surface area contributed by atoms with Gasteiger partial charge in [0, 0.05) is 20.1 Å². The Morgan fingerprint density at radius 2 is 1.96 bits per heavy atom. The first-order chi connectivity index (χ1) is 12.1. The fourth-order valence-corrected chi connectivity index (χ4v) is 2.82. The molecule has 0 spiro atoms. The number of aliphatic imine (C=N–C) groups is 1. The molecule has 0 saturated carbocycles. The summed E-state index contributed by atoms with van der Waals surface area (Å²) in [5.74, 6) is 1.64. The standard InChI is InChI=1S/C19H30N4O2/c1-15-9-5-6-10-17(15)25-16(2)13-21-19(20-3)22-14-18(24)23-11-7-4-8-12-23/h5-6,9-10,16H,4,7-8,11-14H2,1-3H3,(H2,20,21,22). The molecule has 6 heteroatoms. The molecule has 0 aromatic heterocycles. The predicted octanol–water partition coefficient (Wildman–Crippen LogP) is 1.94. The van der Waals surface area contributed by atoms with E-state index >= 15 is 0 Å². The smallest absolute Gasteiger partial charge is 0.241 e. The number of rotatable bonds is 6. The molecule has 1 fully saturated rings. The molecule has 1 atom stereocenters. The number of ether oxygens (including phenoxy) is 1. The minimum atomic E-state index is -0.0163. The van der Waals surface area contributed by atoms with Crippen molar-refractivity contribution in [3.63, 3.8) is 0 Å². The molecule has 2 rings (SSSR count). The summed E-state index contributed by atoms with van der Waals surface area (Å²) in [6.07, 6.45) is 3.41. The monoisotopic (exact) mass is 346 g/mol. The van der Waals surface area contributed by atoms with Crippen LogP contribution in [0.15, 0.2) is 29.3 Å². The van der Waals surface area contributed by atoms with E-state index in [9.17, 15) is 4.79 Å². The average Bonchev–Trinajstić information content (AvgIpc) is 2.64. The van der Waals surface area contributed by atoms with Crippen molar-refractivity contribution < 1.29 is 9.53 Å². The topological polar surface area (TPSA) is 66.0 Å². The van der Waals surface area contributed by atoms with Gasteiger partial charge < -0.3 is 20.3 Å². The van der Waals surface area contributed by atoms with E-state index in [-0.39, 0.29) is 18.6 Å². The molecule has 1 aromatic rings. The third-order valence-electron chi connectivity index (χ3n) is 4.32. The van der Waals surface area contributed by atoms with Crippen LogP contribution in [-0.2, 0) is 4.79 Å². The van der Waals surface area contributed by atoms with Crippen LogP contribution in [0, 0.1) is 6.92 Å². The zero-order valence-corrected chi connectivity index (χ0v) is 15.5. The van der Waals surface area contributed by atoms with Crippen LogP contribution in [0.5, 0.6) is 5.75 Å². The summed E-state index contributed by atoms with van der Waals surface area (Å²) in [6, 6.07) is 7.96. The van der Waals surface area contributed by atoms with Crippen LogP contribution in [0.25, 0.3) is 0 Å². The molecular weight excluding hydrogens is 316 g/mol. The second-order valence-electron chi connectivity index (χ2n) is 6.44. The fraction of sp³-hybridized carbons (Fsp3) is 0.579. The summed E-state index contributed by atoms with van der Waals surface area (Å²) < 4.78 is 5.94. The van der Waals surface area contributed by atoms with Crippen molar-refractivity contribution in [1.29, 1.82) is 0 Å². The van der Waals surface area contributed by atoms with Gasteiger partial charge in [0.2, 0.25) is 5.91 Å². The van der Waals surface area contributed by atoms with Crippen LogP contribution in [0.2, 0.25) is 0 Å². The summed E-state index contributed by atoms with van der Waals surface area (Å²) in [4.78, 5) is 18.3. The van der Waals surface area contributed by atoms with Crippen LogP contribution in [0.4, 0.5) is 0 Å². The van der Waals surface area contributed by atoms with Gasteiger partial charge in [-0.1, -0.05) is 18.2 Å². The van der Waals surface area contributed by atoms with E-state index in [4.69, 9.17) is 4.74 Å². The Bertz CT molecular complexity index is 583. The first-order valence-corrected chi connectivity index (χ1v) is 9.04. The lowest BCUT2D eigenvalue weighted by atomic mass is 10.1. The number of carbonyl (C=O) groups excluding carboxylic acids is 1. The van der Waals surface area contributed by atoms with Gasteiger partial charge in [-0.15, -0.1) is 0 Å². The van der Waals surface area contributed by atoms with E-state index in [1.54, 1.807) is 7.05 Å². The predicted molar refractivity (Wildman–Crippen MR) is 101 cm³/mol. The molecule has 1 amide bonds. The zero-order chi connectivity index (χ0) is 18.1. The number of aryl methyl sites for hydroxylation is 1. The van der Waals surface area contributed by atoms with E-state index in [0.29, 0.717) is 12.5 Å². The SMILES string of the molecule is CN=C(NCC(=O)N1CCCCC1)NCC(C)Oc1ccccc1C. The molecule has 25 heavy (non-hydrogen) atoms. The highest BCUT2D eigenvalue weighted by Gasteiger charge is 2.16. The highest BCUT2D eigenvalue weighted by molar-refractivity contribution is 5.86. The van der Waals surface area contributed by atoms with E-state index in [0.717, 1.165) is 37.2 Å². The number of hydrogen-bond acceptors (Lipinski definition) is 3. The van der Waals surface area contributed by atoms with Crippen molar-refractivity contribution in [2.45, 2.75) is 39.2 Å². The second-order valence-corrected chi connectivity index (χ2v) is 6.44. The zero-order valence-electron chi connectivity index (χ0n) is 15.5. The number of likely N-dealkylation sites (tertiary alicyclic amines) is 1. The Balaban J connectivity index is 1.72. The van der Waals surface area contributed by atoms with E-state index in [2.05, 4.69) is 15.6 Å². The quantitative estimate of drug-likeness (QED) is 0.610. The number of carbonyl (C=O) groups is 1. The van der Waals surface area contributed by atoms with Gasteiger partial charge in [-0.05, 0) is 44.7 Å². The molecule has 2 N–H and O–H groups in total. The van der Waals surface area contributed by atoms with Crippen LogP contribution in [-0.4, -0.2) is 56.1 Å². The first-order valence-electron chi connectivity index (χ1n) is 9.04. The molecule has 0 bridgehead atoms. The van der Waals surface area contributed by atoms with Gasteiger partial charge >= 0.3 is 0 Å². The maximum absolute atomic E-state index is 12.2. The van der Waals surface area contributed by atoms with Gasteiger partial charge in [0.05, 0.1) is 13.1 Å². The van der Waals surface area contributed by atoms with E-state index in [1.165, 1.54) is 6.42 Å². The molecule has 1 saturated heterocycles. The molecule has 1 aliphatic rings. The summed E-state index contributed by atoms with van der Waals surface area (Å²) >= 11 is 0. The van der Waals surface area contributed by atoms with Crippen molar-refractivity contribution >= 4 is 11.9 Å². The third kappa shape index (κ3) is 6.29. The summed E-state index contributed by atoms with van der Waals surface area (Å²) in [5.41, 5.74) is 1.11. The Morgan fingerprint density at radius 1 is 1.24 bits per heavy atom. The molecule has 1 aliphatic heterocycles. The minimum absolute atomic E-state index is 0.0163.